The van der Waals surface area contributed by atoms with Gasteiger partial charge in [0.05, 0.1) is 26.1 Å². The Morgan fingerprint density at radius 1 is 0.912 bits per heavy atom. The van der Waals surface area contributed by atoms with Crippen LogP contribution in [0.15, 0.2) is 72.8 Å². The number of carbonyl (C=O) groups excluding carboxylic acids is 1. The first kappa shape index (κ1) is 25.2. The van der Waals surface area contributed by atoms with E-state index in [0.29, 0.717) is 17.1 Å². The zero-order valence-corrected chi connectivity index (χ0v) is 21.3. The molecule has 0 saturated heterocycles. The predicted molar refractivity (Wildman–Crippen MR) is 137 cm³/mol. The van der Waals surface area contributed by atoms with Gasteiger partial charge in [-0.25, -0.2) is 0 Å². The molecule has 0 aromatic heterocycles. The third kappa shape index (κ3) is 5.36. The Balaban J connectivity index is 2.22. The number of hydrogen-bond donors (Lipinski definition) is 0. The van der Waals surface area contributed by atoms with Crippen molar-refractivity contribution in [3.63, 3.8) is 0 Å². The summed E-state index contributed by atoms with van der Waals surface area (Å²) in [6, 6.07) is 22.7. The Morgan fingerprint density at radius 2 is 1.50 bits per heavy atom. The van der Waals surface area contributed by atoms with Crippen molar-refractivity contribution < 1.29 is 19.2 Å². The van der Waals surface area contributed by atoms with Crippen LogP contribution in [0.3, 0.4) is 0 Å². The van der Waals surface area contributed by atoms with Crippen molar-refractivity contribution in [1.82, 2.24) is 0 Å². The molecule has 0 spiro atoms. The number of nitrogens with zero attached hydrogens (tertiary/aromatic N) is 1. The maximum Gasteiger partial charge on any atom is 0.211 e. The normalized spacial score (nSPS) is 13.1. The molecule has 0 aliphatic heterocycles. The van der Waals surface area contributed by atoms with Crippen LogP contribution in [-0.2, 0) is 4.79 Å². The molecule has 0 aliphatic rings. The Morgan fingerprint density at radius 3 is 2.06 bits per heavy atom. The van der Waals surface area contributed by atoms with Crippen molar-refractivity contribution in [3.05, 3.63) is 99.6 Å². The first-order valence-corrected chi connectivity index (χ1v) is 14.2. The second kappa shape index (κ2) is 10.7. The summed E-state index contributed by atoms with van der Waals surface area (Å²) in [6.45, 7) is 5.63. The van der Waals surface area contributed by atoms with E-state index in [2.05, 4.69) is 0 Å². The predicted octanol–water partition coefficient (Wildman–Crippen LogP) is 4.88. The Hall–Kier alpha value is -3.45. The van der Waals surface area contributed by atoms with Gasteiger partial charge in [0.15, 0.2) is 19.6 Å². The fourth-order valence-corrected chi connectivity index (χ4v) is 6.83. The molecule has 0 radical (unpaired) electrons. The number of hydrogen-bond acceptors (Lipinski definition) is 5. The SMILES string of the molecule is COc1ccc([C@@H](C(=O)[Si](C)(C)c2ccccc2)[C@@H](C[N+](=O)[O-])c2ccc(C)cc2)cc1OC. The van der Waals surface area contributed by atoms with Gasteiger partial charge in [-0.2, -0.15) is 0 Å². The average molecular weight is 478 g/mol. The summed E-state index contributed by atoms with van der Waals surface area (Å²) < 4.78 is 10.9. The van der Waals surface area contributed by atoms with Gasteiger partial charge in [-0.15, -0.1) is 0 Å². The van der Waals surface area contributed by atoms with E-state index in [-0.39, 0.29) is 16.9 Å². The largest absolute Gasteiger partial charge is 0.493 e. The van der Waals surface area contributed by atoms with Crippen LogP contribution in [0.5, 0.6) is 11.5 Å². The third-order valence-electron chi connectivity index (χ3n) is 6.41. The van der Waals surface area contributed by atoms with Gasteiger partial charge in [0.1, 0.15) is 5.41 Å². The van der Waals surface area contributed by atoms with E-state index in [1.807, 2.05) is 80.7 Å². The smallest absolute Gasteiger partial charge is 0.211 e. The van der Waals surface area contributed by atoms with E-state index in [0.717, 1.165) is 16.3 Å². The first-order chi connectivity index (χ1) is 16.2. The third-order valence-corrected chi connectivity index (χ3v) is 9.73. The highest BCUT2D eigenvalue weighted by Crippen LogP contribution is 2.40. The number of carbonyl (C=O) groups is 1. The maximum atomic E-state index is 14.4. The minimum Gasteiger partial charge on any atom is -0.493 e. The van der Waals surface area contributed by atoms with E-state index in [1.165, 1.54) is 7.11 Å². The minimum absolute atomic E-state index is 0.0401. The lowest BCUT2D eigenvalue weighted by Crippen LogP contribution is -2.53. The van der Waals surface area contributed by atoms with Crippen molar-refractivity contribution in [3.8, 4) is 11.5 Å². The second-order valence-electron chi connectivity index (χ2n) is 8.98. The first-order valence-electron chi connectivity index (χ1n) is 11.2. The molecule has 6 nitrogen and oxygen atoms in total. The molecule has 2 atom stereocenters. The monoisotopic (exact) mass is 477 g/mol. The molecule has 0 unspecified atom stereocenters. The van der Waals surface area contributed by atoms with Crippen LogP contribution in [0.2, 0.25) is 13.1 Å². The lowest BCUT2D eigenvalue weighted by atomic mass is 9.81. The lowest BCUT2D eigenvalue weighted by Gasteiger charge is -2.32. The topological polar surface area (TPSA) is 78.7 Å². The van der Waals surface area contributed by atoms with Crippen molar-refractivity contribution in [2.75, 3.05) is 20.8 Å². The molecule has 0 bridgehead atoms. The van der Waals surface area contributed by atoms with Gasteiger partial charge in [-0.05, 0) is 30.2 Å². The van der Waals surface area contributed by atoms with E-state index < -0.39 is 19.9 Å². The van der Waals surface area contributed by atoms with Gasteiger partial charge in [0, 0.05) is 4.92 Å². The van der Waals surface area contributed by atoms with Crippen LogP contribution in [0.4, 0.5) is 0 Å². The highest BCUT2D eigenvalue weighted by atomic mass is 28.3. The summed E-state index contributed by atoms with van der Waals surface area (Å²) in [5.41, 5.74) is 2.51. The van der Waals surface area contributed by atoms with Crippen LogP contribution in [0.1, 0.15) is 28.5 Å². The van der Waals surface area contributed by atoms with E-state index >= 15 is 0 Å². The average Bonchev–Trinajstić information content (AvgIpc) is 2.84. The summed E-state index contributed by atoms with van der Waals surface area (Å²) in [7, 11) is 0.417. The van der Waals surface area contributed by atoms with Gasteiger partial charge in [-0.3, -0.25) is 10.1 Å². The van der Waals surface area contributed by atoms with Crippen molar-refractivity contribution >= 4 is 18.7 Å². The quantitative estimate of drug-likeness (QED) is 0.236. The standard InChI is InChI=1S/C27H31NO5Si/c1-19-11-13-20(14-12-19)23(18-28(30)31)26(21-15-16-24(32-2)25(17-21)33-3)27(29)34(4,5)22-9-7-6-8-10-22/h6-17,23,26H,18H2,1-5H3/t23-,26+/m0/s1. The molecular formula is C27H31NO5Si. The van der Waals surface area contributed by atoms with Crippen LogP contribution in [0, 0.1) is 17.0 Å². The minimum atomic E-state index is -2.67. The Kier molecular flexibility index (Phi) is 7.89. The van der Waals surface area contributed by atoms with Gasteiger partial charge >= 0.3 is 0 Å². The Labute approximate surface area is 201 Å². The van der Waals surface area contributed by atoms with Crippen LogP contribution in [0.25, 0.3) is 0 Å². The molecule has 178 valence electrons. The number of benzene rings is 3. The summed E-state index contributed by atoms with van der Waals surface area (Å²) in [5.74, 6) is -0.314. The fourth-order valence-electron chi connectivity index (χ4n) is 4.38. The molecule has 34 heavy (non-hydrogen) atoms. The summed E-state index contributed by atoms with van der Waals surface area (Å²) in [5, 5.41) is 12.8. The number of nitro groups is 1. The molecular weight excluding hydrogens is 446 g/mol. The van der Waals surface area contributed by atoms with Crippen LogP contribution >= 0.6 is 0 Å². The van der Waals surface area contributed by atoms with E-state index in [4.69, 9.17) is 9.47 Å². The molecule has 7 heteroatoms. The zero-order valence-electron chi connectivity index (χ0n) is 20.3. The highest BCUT2D eigenvalue weighted by molar-refractivity contribution is 7.13. The molecule has 0 heterocycles. The second-order valence-corrected chi connectivity index (χ2v) is 13.3. The highest BCUT2D eigenvalue weighted by Gasteiger charge is 2.43. The fraction of sp³-hybridized carbons (Fsp3) is 0.296. The number of methoxy groups -OCH3 is 2. The van der Waals surface area contributed by atoms with Gasteiger partial charge in [0.25, 0.3) is 0 Å². The summed E-state index contributed by atoms with van der Waals surface area (Å²) in [6.07, 6.45) is 0. The molecule has 0 amide bonds. The Bertz CT molecular complexity index is 1150. The number of rotatable bonds is 10. The van der Waals surface area contributed by atoms with Gasteiger partial charge in [0.2, 0.25) is 6.54 Å². The summed E-state index contributed by atoms with van der Waals surface area (Å²) >= 11 is 0. The molecule has 0 saturated carbocycles. The van der Waals surface area contributed by atoms with Crippen molar-refractivity contribution in [2.24, 2.45) is 0 Å². The molecule has 0 aliphatic carbocycles. The maximum absolute atomic E-state index is 14.4. The summed E-state index contributed by atoms with van der Waals surface area (Å²) in [4.78, 5) is 25.8. The number of aryl methyl sites for hydroxylation is 1. The van der Waals surface area contributed by atoms with Crippen molar-refractivity contribution in [1.29, 1.82) is 0 Å². The molecule has 3 aromatic rings. The molecule has 0 fully saturated rings. The molecule has 3 rings (SSSR count). The van der Waals surface area contributed by atoms with Gasteiger partial charge < -0.3 is 14.3 Å². The van der Waals surface area contributed by atoms with Gasteiger partial charge in [-0.1, -0.05) is 84.5 Å². The molecule has 0 N–H and O–H groups in total. The zero-order chi connectivity index (χ0) is 24.9. The van der Waals surface area contributed by atoms with E-state index in [9.17, 15) is 14.9 Å². The van der Waals surface area contributed by atoms with Crippen molar-refractivity contribution in [2.45, 2.75) is 31.9 Å². The van der Waals surface area contributed by atoms with Crippen LogP contribution in [-0.4, -0.2) is 39.2 Å². The van der Waals surface area contributed by atoms with E-state index in [1.54, 1.807) is 19.2 Å². The molecule has 3 aromatic carbocycles. The number of ether oxygens (including phenoxy) is 2. The van der Waals surface area contributed by atoms with Crippen LogP contribution < -0.4 is 14.7 Å². The lowest BCUT2D eigenvalue weighted by molar-refractivity contribution is -0.483.